The Hall–Kier alpha value is -0.370. The lowest BCUT2D eigenvalue weighted by molar-refractivity contribution is 0.533. The zero-order chi connectivity index (χ0) is 11.5. The van der Waals surface area contributed by atoms with Crippen LogP contribution in [0.5, 0.6) is 0 Å². The first-order valence-corrected chi connectivity index (χ1v) is 5.89. The lowest BCUT2D eigenvalue weighted by atomic mass is 10.2. The molecule has 1 N–H and O–H groups in total. The van der Waals surface area contributed by atoms with Crippen LogP contribution in [0.25, 0.3) is 0 Å². The fraction of sp³-hybridized carbons (Fsp3) is 0.364. The molecule has 1 aliphatic heterocycles. The van der Waals surface area contributed by atoms with Crippen LogP contribution in [-0.4, -0.2) is 31.0 Å². The van der Waals surface area contributed by atoms with Gasteiger partial charge in [-0.05, 0) is 23.8 Å². The van der Waals surface area contributed by atoms with Crippen molar-refractivity contribution in [1.29, 1.82) is 0 Å². The number of rotatable bonds is 2. The van der Waals surface area contributed by atoms with Crippen molar-refractivity contribution in [3.63, 3.8) is 0 Å². The van der Waals surface area contributed by atoms with Crippen molar-refractivity contribution < 1.29 is 4.39 Å². The van der Waals surface area contributed by atoms with Crippen molar-refractivity contribution in [3.8, 4) is 0 Å². The van der Waals surface area contributed by atoms with Crippen molar-refractivity contribution in [3.05, 3.63) is 34.1 Å². The van der Waals surface area contributed by atoms with Crippen molar-refractivity contribution in [1.82, 2.24) is 10.2 Å². The standard InChI is InChI=1S/C11H13BrFN3.HI/c1-16-3-2-14-11(16)15-7-8-4-9(12)6-10(13)5-8;/h4-6H,2-3,7H2,1H3,(H,14,15);1H. The van der Waals surface area contributed by atoms with Gasteiger partial charge in [0.1, 0.15) is 5.82 Å². The predicted octanol–water partition coefficient (Wildman–Crippen LogP) is 2.60. The van der Waals surface area contributed by atoms with E-state index in [-0.39, 0.29) is 29.8 Å². The van der Waals surface area contributed by atoms with Gasteiger partial charge in [0.15, 0.2) is 5.96 Å². The summed E-state index contributed by atoms with van der Waals surface area (Å²) in [5.41, 5.74) is 0.898. The SMILES string of the molecule is CN1CCN=C1NCc1cc(F)cc(Br)c1.I. The van der Waals surface area contributed by atoms with E-state index in [4.69, 9.17) is 0 Å². The third-order valence-corrected chi connectivity index (χ3v) is 2.89. The molecule has 3 nitrogen and oxygen atoms in total. The molecule has 0 saturated carbocycles. The molecule has 0 aliphatic carbocycles. The Morgan fingerprint density at radius 3 is 2.82 bits per heavy atom. The fourth-order valence-corrected chi connectivity index (χ4v) is 2.13. The average Bonchev–Trinajstić information content (AvgIpc) is 2.59. The third-order valence-electron chi connectivity index (χ3n) is 2.43. The number of hydrogen-bond donors (Lipinski definition) is 1. The molecule has 1 heterocycles. The largest absolute Gasteiger partial charge is 0.352 e. The molecular weight excluding hydrogens is 400 g/mol. The summed E-state index contributed by atoms with van der Waals surface area (Å²) in [6.45, 7) is 2.35. The van der Waals surface area contributed by atoms with Gasteiger partial charge in [0, 0.05) is 24.6 Å². The molecule has 2 rings (SSSR count). The van der Waals surface area contributed by atoms with Gasteiger partial charge in [0.05, 0.1) is 6.54 Å². The van der Waals surface area contributed by atoms with E-state index in [2.05, 4.69) is 26.2 Å². The first-order chi connectivity index (χ1) is 7.65. The minimum atomic E-state index is -0.229. The zero-order valence-electron chi connectivity index (χ0n) is 9.41. The molecule has 0 bridgehead atoms. The number of hydrogen-bond acceptors (Lipinski definition) is 3. The quantitative estimate of drug-likeness (QED) is 0.754. The van der Waals surface area contributed by atoms with Crippen LogP contribution in [0.1, 0.15) is 5.56 Å². The van der Waals surface area contributed by atoms with Gasteiger partial charge in [0.2, 0.25) is 0 Å². The molecule has 94 valence electrons. The average molecular weight is 414 g/mol. The predicted molar refractivity (Wildman–Crippen MR) is 81.3 cm³/mol. The monoisotopic (exact) mass is 413 g/mol. The second kappa shape index (κ2) is 6.53. The molecule has 0 atom stereocenters. The second-order valence-electron chi connectivity index (χ2n) is 3.76. The van der Waals surface area contributed by atoms with Crippen molar-refractivity contribution >= 4 is 45.9 Å². The van der Waals surface area contributed by atoms with Gasteiger partial charge in [-0.2, -0.15) is 0 Å². The Kier molecular flexibility index (Phi) is 5.64. The van der Waals surface area contributed by atoms with Crippen molar-refractivity contribution in [2.24, 2.45) is 4.99 Å². The maximum absolute atomic E-state index is 13.1. The molecule has 17 heavy (non-hydrogen) atoms. The van der Waals surface area contributed by atoms with Gasteiger partial charge in [-0.25, -0.2) is 4.39 Å². The van der Waals surface area contributed by atoms with Gasteiger partial charge in [-0.3, -0.25) is 4.99 Å². The normalized spacial score (nSPS) is 14.3. The second-order valence-corrected chi connectivity index (χ2v) is 4.67. The molecule has 1 aromatic rings. The summed E-state index contributed by atoms with van der Waals surface area (Å²) < 4.78 is 13.9. The highest BCUT2D eigenvalue weighted by molar-refractivity contribution is 14.0. The smallest absolute Gasteiger partial charge is 0.194 e. The van der Waals surface area contributed by atoms with Crippen LogP contribution in [0, 0.1) is 5.82 Å². The highest BCUT2D eigenvalue weighted by Gasteiger charge is 2.11. The Bertz CT molecular complexity index is 405. The Balaban J connectivity index is 0.00000144. The molecule has 0 amide bonds. The van der Waals surface area contributed by atoms with E-state index in [0.29, 0.717) is 6.54 Å². The van der Waals surface area contributed by atoms with Gasteiger partial charge in [-0.15, -0.1) is 24.0 Å². The molecule has 0 radical (unpaired) electrons. The molecule has 0 spiro atoms. The Labute approximate surface area is 126 Å². The highest BCUT2D eigenvalue weighted by Crippen LogP contribution is 2.14. The van der Waals surface area contributed by atoms with Gasteiger partial charge >= 0.3 is 0 Å². The molecule has 1 aliphatic rings. The number of guanidine groups is 1. The molecular formula is C11H14BrFIN3. The van der Waals surface area contributed by atoms with Gasteiger partial charge in [0.25, 0.3) is 0 Å². The van der Waals surface area contributed by atoms with Crippen LogP contribution in [0.3, 0.4) is 0 Å². The van der Waals surface area contributed by atoms with E-state index in [1.54, 1.807) is 0 Å². The van der Waals surface area contributed by atoms with Crippen molar-refractivity contribution in [2.45, 2.75) is 6.54 Å². The Morgan fingerprint density at radius 2 is 2.24 bits per heavy atom. The number of benzene rings is 1. The topological polar surface area (TPSA) is 27.6 Å². The van der Waals surface area contributed by atoms with Crippen LogP contribution in [-0.2, 0) is 6.54 Å². The molecule has 6 heteroatoms. The van der Waals surface area contributed by atoms with Crippen LogP contribution < -0.4 is 5.32 Å². The summed E-state index contributed by atoms with van der Waals surface area (Å²) in [6, 6.07) is 4.86. The summed E-state index contributed by atoms with van der Waals surface area (Å²) >= 11 is 3.27. The van der Waals surface area contributed by atoms with E-state index in [1.807, 2.05) is 18.0 Å². The summed E-state index contributed by atoms with van der Waals surface area (Å²) in [6.07, 6.45) is 0. The number of likely N-dealkylation sites (N-methyl/N-ethyl adjacent to an activating group) is 1. The lowest BCUT2D eigenvalue weighted by Gasteiger charge is -2.15. The van der Waals surface area contributed by atoms with Crippen molar-refractivity contribution in [2.75, 3.05) is 20.1 Å². The van der Waals surface area contributed by atoms with E-state index >= 15 is 0 Å². The third kappa shape index (κ3) is 4.09. The lowest BCUT2D eigenvalue weighted by Crippen LogP contribution is -2.35. The fourth-order valence-electron chi connectivity index (χ4n) is 1.62. The molecule has 0 fully saturated rings. The highest BCUT2D eigenvalue weighted by atomic mass is 127. The Morgan fingerprint density at radius 1 is 1.47 bits per heavy atom. The number of nitrogens with zero attached hydrogens (tertiary/aromatic N) is 2. The van der Waals surface area contributed by atoms with E-state index in [0.717, 1.165) is 29.1 Å². The summed E-state index contributed by atoms with van der Waals surface area (Å²) in [5.74, 6) is 0.647. The van der Waals surface area contributed by atoms with Crippen LogP contribution >= 0.6 is 39.9 Å². The summed E-state index contributed by atoms with van der Waals surface area (Å²) in [7, 11) is 1.99. The molecule has 0 saturated heterocycles. The minimum Gasteiger partial charge on any atom is -0.352 e. The van der Waals surface area contributed by atoms with Gasteiger partial charge < -0.3 is 10.2 Å². The molecule has 0 aromatic heterocycles. The van der Waals surface area contributed by atoms with Crippen LogP contribution in [0.4, 0.5) is 4.39 Å². The zero-order valence-corrected chi connectivity index (χ0v) is 13.3. The number of halogens is 3. The van der Waals surface area contributed by atoms with Crippen LogP contribution in [0.2, 0.25) is 0 Å². The van der Waals surface area contributed by atoms with E-state index < -0.39 is 0 Å². The van der Waals surface area contributed by atoms with E-state index in [9.17, 15) is 4.39 Å². The molecule has 0 unspecified atom stereocenters. The first kappa shape index (κ1) is 14.7. The summed E-state index contributed by atoms with van der Waals surface area (Å²) in [5, 5.41) is 3.19. The number of nitrogens with one attached hydrogen (secondary N) is 1. The van der Waals surface area contributed by atoms with Crippen LogP contribution in [0.15, 0.2) is 27.7 Å². The first-order valence-electron chi connectivity index (χ1n) is 5.09. The minimum absolute atomic E-state index is 0. The maximum atomic E-state index is 13.1. The number of aliphatic imine (C=N–C) groups is 1. The van der Waals surface area contributed by atoms with E-state index in [1.165, 1.54) is 12.1 Å². The maximum Gasteiger partial charge on any atom is 0.194 e. The summed E-state index contributed by atoms with van der Waals surface area (Å²) in [4.78, 5) is 6.35. The van der Waals surface area contributed by atoms with Gasteiger partial charge in [-0.1, -0.05) is 15.9 Å². The molecule has 1 aromatic carbocycles.